The lowest BCUT2D eigenvalue weighted by atomic mass is 10.2. The number of rotatable bonds is 6. The molecule has 0 unspecified atom stereocenters. The van der Waals surface area contributed by atoms with E-state index in [-0.39, 0.29) is 29.6 Å². The highest BCUT2D eigenvalue weighted by atomic mass is 16.5. The molecule has 0 saturated heterocycles. The second kappa shape index (κ2) is 7.86. The molecule has 0 atom stereocenters. The van der Waals surface area contributed by atoms with E-state index in [1.165, 1.54) is 15.7 Å². The van der Waals surface area contributed by atoms with Crippen LogP contribution in [0.3, 0.4) is 0 Å². The Labute approximate surface area is 171 Å². The summed E-state index contributed by atoms with van der Waals surface area (Å²) >= 11 is 0. The van der Waals surface area contributed by atoms with Crippen LogP contribution in [0.1, 0.15) is 34.3 Å². The van der Waals surface area contributed by atoms with Crippen LogP contribution < -0.4 is 15.2 Å². The number of nitrogens with zero attached hydrogens (tertiary/aromatic N) is 4. The first-order valence-corrected chi connectivity index (χ1v) is 9.51. The van der Waals surface area contributed by atoms with E-state index in [4.69, 9.17) is 9.15 Å². The first-order chi connectivity index (χ1) is 14.5. The van der Waals surface area contributed by atoms with Crippen molar-refractivity contribution in [3.05, 3.63) is 75.6 Å². The standard InChI is InChI=1S/C21H21N5O4/c1-4-29-16-9-7-15(8-10-16)12-25(19(28)17-6-5-11-30-17)21-23-20-22-14(3)13(2)18(27)26(20)24-21/h5-11H,4,12H2,1-3H3,(H,22,23,24). The zero-order valence-electron chi connectivity index (χ0n) is 16.9. The van der Waals surface area contributed by atoms with Gasteiger partial charge in [0.2, 0.25) is 5.95 Å². The molecule has 4 aromatic rings. The van der Waals surface area contributed by atoms with Crippen molar-refractivity contribution < 1.29 is 13.9 Å². The summed E-state index contributed by atoms with van der Waals surface area (Å²) in [4.78, 5) is 35.8. The Hall–Kier alpha value is -3.88. The lowest BCUT2D eigenvalue weighted by Gasteiger charge is -2.18. The van der Waals surface area contributed by atoms with E-state index in [1.807, 2.05) is 31.2 Å². The van der Waals surface area contributed by atoms with Gasteiger partial charge in [0.05, 0.1) is 19.4 Å². The normalized spacial score (nSPS) is 11.0. The molecule has 1 aromatic carbocycles. The number of nitrogens with one attached hydrogen (secondary N) is 1. The molecule has 1 N–H and O–H groups in total. The number of anilines is 1. The highest BCUT2D eigenvalue weighted by Gasteiger charge is 2.24. The van der Waals surface area contributed by atoms with Crippen LogP contribution in [-0.4, -0.2) is 32.1 Å². The Balaban J connectivity index is 1.75. The Morgan fingerprint density at radius 2 is 1.97 bits per heavy atom. The predicted octanol–water partition coefficient (Wildman–Crippen LogP) is 2.87. The minimum absolute atomic E-state index is 0.161. The number of ether oxygens (including phenoxy) is 1. The van der Waals surface area contributed by atoms with Gasteiger partial charge in [0.25, 0.3) is 17.2 Å². The quantitative estimate of drug-likeness (QED) is 0.527. The number of carbonyl (C=O) groups is 1. The van der Waals surface area contributed by atoms with Gasteiger partial charge in [0.1, 0.15) is 5.75 Å². The molecule has 0 saturated carbocycles. The number of furan rings is 1. The van der Waals surface area contributed by atoms with E-state index in [2.05, 4.69) is 15.1 Å². The Morgan fingerprint density at radius 1 is 1.20 bits per heavy atom. The van der Waals surface area contributed by atoms with Crippen LogP contribution in [0.5, 0.6) is 5.75 Å². The highest BCUT2D eigenvalue weighted by Crippen LogP contribution is 2.19. The van der Waals surface area contributed by atoms with Gasteiger partial charge in [-0.05, 0) is 50.6 Å². The zero-order valence-corrected chi connectivity index (χ0v) is 16.9. The summed E-state index contributed by atoms with van der Waals surface area (Å²) in [5, 5.41) is 2.90. The number of aryl methyl sites for hydroxylation is 1. The maximum atomic E-state index is 13.1. The summed E-state index contributed by atoms with van der Waals surface area (Å²) in [7, 11) is 0. The average Bonchev–Trinajstić information content (AvgIpc) is 3.41. The fraction of sp³-hybridized carbons (Fsp3) is 0.238. The predicted molar refractivity (Wildman–Crippen MR) is 110 cm³/mol. The van der Waals surface area contributed by atoms with Gasteiger partial charge in [-0.1, -0.05) is 12.1 Å². The molecule has 9 nitrogen and oxygen atoms in total. The fourth-order valence-electron chi connectivity index (χ4n) is 3.03. The smallest absolute Gasteiger partial charge is 0.296 e. The van der Waals surface area contributed by atoms with Crippen molar-refractivity contribution in [2.24, 2.45) is 0 Å². The summed E-state index contributed by atoms with van der Waals surface area (Å²) in [6, 6.07) is 10.6. The van der Waals surface area contributed by atoms with Gasteiger partial charge < -0.3 is 9.15 Å². The monoisotopic (exact) mass is 407 g/mol. The second-order valence-electron chi connectivity index (χ2n) is 6.76. The third-order valence-electron chi connectivity index (χ3n) is 4.76. The molecule has 3 aromatic heterocycles. The molecule has 0 spiro atoms. The number of fused-ring (bicyclic) bond motifs is 1. The van der Waals surface area contributed by atoms with Crippen LogP contribution in [0.2, 0.25) is 0 Å². The van der Waals surface area contributed by atoms with Gasteiger partial charge in [0, 0.05) is 11.3 Å². The van der Waals surface area contributed by atoms with Crippen molar-refractivity contribution >= 4 is 17.6 Å². The minimum atomic E-state index is -0.394. The van der Waals surface area contributed by atoms with Crippen molar-refractivity contribution in [2.45, 2.75) is 27.3 Å². The van der Waals surface area contributed by atoms with E-state index in [9.17, 15) is 9.59 Å². The first-order valence-electron chi connectivity index (χ1n) is 9.51. The van der Waals surface area contributed by atoms with E-state index in [0.29, 0.717) is 17.9 Å². The van der Waals surface area contributed by atoms with Crippen LogP contribution in [0.4, 0.5) is 5.95 Å². The van der Waals surface area contributed by atoms with Crippen LogP contribution >= 0.6 is 0 Å². The molecule has 0 bridgehead atoms. The molecular weight excluding hydrogens is 386 g/mol. The number of hydrogen-bond acceptors (Lipinski definition) is 6. The largest absolute Gasteiger partial charge is 0.494 e. The van der Waals surface area contributed by atoms with Crippen molar-refractivity contribution in [1.82, 2.24) is 19.6 Å². The van der Waals surface area contributed by atoms with Crippen molar-refractivity contribution in [1.29, 1.82) is 0 Å². The summed E-state index contributed by atoms with van der Waals surface area (Å²) in [5.41, 5.74) is 1.70. The van der Waals surface area contributed by atoms with Gasteiger partial charge in [0.15, 0.2) is 5.76 Å². The van der Waals surface area contributed by atoms with Crippen LogP contribution in [0.15, 0.2) is 51.9 Å². The van der Waals surface area contributed by atoms with Crippen molar-refractivity contribution in [3.63, 3.8) is 0 Å². The number of benzene rings is 1. The number of carbonyl (C=O) groups excluding carboxylic acids is 1. The van der Waals surface area contributed by atoms with Gasteiger partial charge in [-0.25, -0.2) is 4.98 Å². The maximum Gasteiger partial charge on any atom is 0.296 e. The summed E-state index contributed by atoms with van der Waals surface area (Å²) in [6.07, 6.45) is 1.43. The van der Waals surface area contributed by atoms with E-state index < -0.39 is 5.91 Å². The molecule has 9 heteroatoms. The molecule has 3 heterocycles. The molecule has 30 heavy (non-hydrogen) atoms. The minimum Gasteiger partial charge on any atom is -0.494 e. The molecule has 0 aliphatic carbocycles. The third-order valence-corrected chi connectivity index (χ3v) is 4.76. The average molecular weight is 407 g/mol. The molecule has 0 aliphatic rings. The number of aromatic amines is 1. The zero-order chi connectivity index (χ0) is 21.3. The van der Waals surface area contributed by atoms with E-state index in [1.54, 1.807) is 26.0 Å². The van der Waals surface area contributed by atoms with Crippen LogP contribution in [-0.2, 0) is 6.54 Å². The van der Waals surface area contributed by atoms with Crippen molar-refractivity contribution in [2.75, 3.05) is 11.5 Å². The third kappa shape index (κ3) is 3.57. The molecule has 0 radical (unpaired) electrons. The summed E-state index contributed by atoms with van der Waals surface area (Å²) < 4.78 is 12.0. The number of amides is 1. The van der Waals surface area contributed by atoms with Gasteiger partial charge >= 0.3 is 0 Å². The summed E-state index contributed by atoms with van der Waals surface area (Å²) in [5.74, 6) is 0.904. The first kappa shape index (κ1) is 19.4. The number of H-pyrrole nitrogens is 1. The van der Waals surface area contributed by atoms with Crippen LogP contribution in [0, 0.1) is 13.8 Å². The topological polar surface area (TPSA) is 106 Å². The Kier molecular flexibility index (Phi) is 5.09. The molecule has 1 amide bonds. The summed E-state index contributed by atoms with van der Waals surface area (Å²) in [6.45, 7) is 6.14. The fourth-order valence-corrected chi connectivity index (χ4v) is 3.03. The van der Waals surface area contributed by atoms with Crippen molar-refractivity contribution in [3.8, 4) is 5.75 Å². The number of aromatic nitrogens is 4. The Morgan fingerprint density at radius 3 is 2.63 bits per heavy atom. The Bertz CT molecular complexity index is 1240. The molecule has 0 fully saturated rings. The lowest BCUT2D eigenvalue weighted by Crippen LogP contribution is -2.31. The second-order valence-corrected chi connectivity index (χ2v) is 6.76. The van der Waals surface area contributed by atoms with Crippen LogP contribution in [0.25, 0.3) is 5.78 Å². The molecule has 154 valence electrons. The molecule has 4 rings (SSSR count). The SMILES string of the molecule is CCOc1ccc(CN(C(=O)c2ccco2)c2nc3nc(C)c(C)c(=O)n3[nH]2)cc1. The molecule has 0 aliphatic heterocycles. The van der Waals surface area contributed by atoms with Gasteiger partial charge in [-0.2, -0.15) is 9.50 Å². The maximum absolute atomic E-state index is 13.1. The van der Waals surface area contributed by atoms with Gasteiger partial charge in [-0.3, -0.25) is 19.6 Å². The highest BCUT2D eigenvalue weighted by molar-refractivity contribution is 6.03. The van der Waals surface area contributed by atoms with E-state index >= 15 is 0 Å². The van der Waals surface area contributed by atoms with Gasteiger partial charge in [-0.15, -0.1) is 0 Å². The van der Waals surface area contributed by atoms with E-state index in [0.717, 1.165) is 11.3 Å². The lowest BCUT2D eigenvalue weighted by molar-refractivity contribution is 0.0956. The molecular formula is C21H21N5O4. The number of hydrogen-bond donors (Lipinski definition) is 1.